The monoisotopic (exact) mass is 72.0 g/mol. The van der Waals surface area contributed by atoms with Crippen LogP contribution in [-0.2, 0) is 4.74 Å². The van der Waals surface area contributed by atoms with Crippen molar-refractivity contribution in [3.63, 3.8) is 0 Å². The summed E-state index contributed by atoms with van der Waals surface area (Å²) in [6, 6.07) is 0. The van der Waals surface area contributed by atoms with Gasteiger partial charge in [0.05, 0.1) is 7.11 Å². The van der Waals surface area contributed by atoms with Crippen molar-refractivity contribution in [1.29, 1.82) is 0 Å². The topological polar surface area (TPSA) is 21.6 Å². The van der Waals surface area contributed by atoms with E-state index in [2.05, 4.69) is 16.1 Å². The Morgan fingerprint density at radius 1 is 1.80 bits per heavy atom. The van der Waals surface area contributed by atoms with Crippen LogP contribution in [0, 0.1) is 0 Å². The summed E-state index contributed by atoms with van der Waals surface area (Å²) in [7, 11) is 3.11. The molecule has 2 heteroatoms. The summed E-state index contributed by atoms with van der Waals surface area (Å²) in [6.45, 7) is 0. The van der Waals surface area contributed by atoms with Crippen molar-refractivity contribution in [2.75, 3.05) is 14.2 Å². The number of nitrogens with zero attached hydrogens (tertiary/aromatic N) is 1. The quantitative estimate of drug-likeness (QED) is 0.319. The van der Waals surface area contributed by atoms with Gasteiger partial charge in [0.15, 0.2) is 0 Å². The van der Waals surface area contributed by atoms with Gasteiger partial charge in [0.1, 0.15) is 0 Å². The van der Waals surface area contributed by atoms with Crippen LogP contribution in [0.4, 0.5) is 0 Å². The maximum Gasteiger partial charge on any atom is 0.272 e. The fourth-order valence-corrected chi connectivity index (χ4v) is 0.0913. The van der Waals surface area contributed by atoms with Crippen molar-refractivity contribution in [3.8, 4) is 0 Å². The Balaban J connectivity index is 2.62. The standard InChI is InChI=1S/C3H6NO/c1-4-3-5-2/h1-2H3. The van der Waals surface area contributed by atoms with E-state index < -0.39 is 0 Å². The maximum absolute atomic E-state index is 4.27. The molecule has 5 heavy (non-hydrogen) atoms. The second-order valence-corrected chi connectivity index (χ2v) is 0.519. The molecule has 0 aliphatic carbocycles. The van der Waals surface area contributed by atoms with Crippen LogP contribution in [0.5, 0.6) is 0 Å². The molecule has 0 fully saturated rings. The highest BCUT2D eigenvalue weighted by atomic mass is 16.5. The summed E-state index contributed by atoms with van der Waals surface area (Å²) >= 11 is 0. The number of hydrogen-bond donors (Lipinski definition) is 0. The van der Waals surface area contributed by atoms with Gasteiger partial charge in [0.2, 0.25) is 0 Å². The van der Waals surface area contributed by atoms with Gasteiger partial charge >= 0.3 is 0 Å². The molecule has 0 aromatic rings. The normalized spacial score (nSPS) is 9.20. The lowest BCUT2D eigenvalue weighted by atomic mass is 11.3. The van der Waals surface area contributed by atoms with Crippen LogP contribution in [0.3, 0.4) is 0 Å². The van der Waals surface area contributed by atoms with Gasteiger partial charge in [-0.05, 0) is 0 Å². The van der Waals surface area contributed by atoms with Crippen LogP contribution in [0.15, 0.2) is 4.99 Å². The SMILES string of the molecule is C/N=[C]/OC. The van der Waals surface area contributed by atoms with Crippen molar-refractivity contribution in [2.45, 2.75) is 0 Å². The number of aliphatic imine (C=N–C) groups is 1. The highest BCUT2D eigenvalue weighted by Gasteiger charge is 1.51. The molecule has 1 radical (unpaired) electrons. The lowest BCUT2D eigenvalue weighted by Gasteiger charge is -1.72. The van der Waals surface area contributed by atoms with Gasteiger partial charge in [0, 0.05) is 7.05 Å². The van der Waals surface area contributed by atoms with E-state index in [4.69, 9.17) is 0 Å². The van der Waals surface area contributed by atoms with Crippen LogP contribution >= 0.6 is 0 Å². The third kappa shape index (κ3) is 3.47. The predicted octanol–water partition coefficient (Wildman–Crippen LogP) is 0.168. The fourth-order valence-electron chi connectivity index (χ4n) is 0.0913. The minimum absolute atomic E-state index is 1.51. The summed E-state index contributed by atoms with van der Waals surface area (Å²) in [5.41, 5.74) is 0. The first-order valence-electron chi connectivity index (χ1n) is 1.28. The molecule has 0 aliphatic rings. The van der Waals surface area contributed by atoms with Gasteiger partial charge in [0.25, 0.3) is 6.40 Å². The molecule has 0 saturated carbocycles. The van der Waals surface area contributed by atoms with Gasteiger partial charge in [-0.2, -0.15) is 0 Å². The van der Waals surface area contributed by atoms with E-state index in [1.165, 1.54) is 7.11 Å². The Hall–Kier alpha value is -0.530. The molecular weight excluding hydrogens is 66.0 g/mol. The Morgan fingerprint density at radius 2 is 2.40 bits per heavy atom. The van der Waals surface area contributed by atoms with E-state index in [0.717, 1.165) is 0 Å². The highest BCUT2D eigenvalue weighted by Crippen LogP contribution is 1.48. The smallest absolute Gasteiger partial charge is 0.272 e. The van der Waals surface area contributed by atoms with Crippen molar-refractivity contribution >= 4 is 6.40 Å². The molecule has 0 aromatic carbocycles. The zero-order chi connectivity index (χ0) is 4.12. The van der Waals surface area contributed by atoms with E-state index in [9.17, 15) is 0 Å². The number of rotatable bonds is 1. The van der Waals surface area contributed by atoms with Crippen molar-refractivity contribution in [1.82, 2.24) is 0 Å². The van der Waals surface area contributed by atoms with E-state index in [-0.39, 0.29) is 0 Å². The van der Waals surface area contributed by atoms with Gasteiger partial charge in [-0.25, -0.2) is 0 Å². The molecule has 0 rings (SSSR count). The molecule has 0 heterocycles. The molecule has 2 nitrogen and oxygen atoms in total. The Labute approximate surface area is 31.5 Å². The fraction of sp³-hybridized carbons (Fsp3) is 0.667. The molecule has 0 amide bonds. The lowest BCUT2D eigenvalue weighted by Crippen LogP contribution is -1.71. The number of hydrogen-bond acceptors (Lipinski definition) is 2. The van der Waals surface area contributed by atoms with Gasteiger partial charge in [-0.3, -0.25) is 4.99 Å². The van der Waals surface area contributed by atoms with Crippen LogP contribution in [0.25, 0.3) is 0 Å². The van der Waals surface area contributed by atoms with Gasteiger partial charge in [-0.1, -0.05) is 0 Å². The predicted molar refractivity (Wildman–Crippen MR) is 20.4 cm³/mol. The largest absolute Gasteiger partial charge is 0.477 e. The van der Waals surface area contributed by atoms with Crippen LogP contribution in [-0.4, -0.2) is 20.6 Å². The van der Waals surface area contributed by atoms with Crippen molar-refractivity contribution in [3.05, 3.63) is 0 Å². The minimum atomic E-state index is 1.51. The van der Waals surface area contributed by atoms with Gasteiger partial charge in [-0.15, -0.1) is 0 Å². The molecule has 0 N–H and O–H groups in total. The van der Waals surface area contributed by atoms with E-state index in [0.29, 0.717) is 0 Å². The van der Waals surface area contributed by atoms with Crippen LogP contribution < -0.4 is 0 Å². The van der Waals surface area contributed by atoms with Crippen molar-refractivity contribution < 1.29 is 4.74 Å². The Kier molecular flexibility index (Phi) is 3.10. The first-order valence-corrected chi connectivity index (χ1v) is 1.28. The van der Waals surface area contributed by atoms with Crippen LogP contribution in [0.2, 0.25) is 0 Å². The van der Waals surface area contributed by atoms with Crippen molar-refractivity contribution in [2.24, 2.45) is 4.99 Å². The molecule has 29 valence electrons. The first kappa shape index (κ1) is 4.47. The van der Waals surface area contributed by atoms with Gasteiger partial charge < -0.3 is 4.74 Å². The average molecular weight is 72.1 g/mol. The third-order valence-corrected chi connectivity index (χ3v) is 0.183. The zero-order valence-electron chi connectivity index (χ0n) is 3.36. The van der Waals surface area contributed by atoms with E-state index in [1.54, 1.807) is 7.05 Å². The second kappa shape index (κ2) is 3.47. The number of ether oxygens (including phenoxy) is 1. The molecule has 0 unspecified atom stereocenters. The second-order valence-electron chi connectivity index (χ2n) is 0.519. The maximum atomic E-state index is 4.27. The highest BCUT2D eigenvalue weighted by molar-refractivity contribution is 5.45. The molecule has 0 atom stereocenters. The molecule has 0 spiro atoms. The molecule has 0 saturated heterocycles. The molecule has 0 aromatic heterocycles. The first-order chi connectivity index (χ1) is 2.41. The summed E-state index contributed by atoms with van der Waals surface area (Å²) in [6.07, 6.45) is 2.24. The lowest BCUT2D eigenvalue weighted by molar-refractivity contribution is 0.422. The summed E-state index contributed by atoms with van der Waals surface area (Å²) in [5, 5.41) is 0. The third-order valence-electron chi connectivity index (χ3n) is 0.183. The average Bonchev–Trinajstić information content (AvgIpc) is 1.41. The Morgan fingerprint density at radius 3 is 2.40 bits per heavy atom. The summed E-state index contributed by atoms with van der Waals surface area (Å²) in [4.78, 5) is 3.38. The minimum Gasteiger partial charge on any atom is -0.477 e. The zero-order valence-corrected chi connectivity index (χ0v) is 3.36. The molecular formula is C3H6NO. The summed E-state index contributed by atoms with van der Waals surface area (Å²) in [5.74, 6) is 0. The summed E-state index contributed by atoms with van der Waals surface area (Å²) < 4.78 is 4.27. The molecule has 0 bridgehead atoms. The Bertz CT molecular complexity index is 33.9. The van der Waals surface area contributed by atoms with E-state index in [1.807, 2.05) is 0 Å². The molecule has 0 aliphatic heterocycles. The number of methoxy groups -OCH3 is 1. The van der Waals surface area contributed by atoms with Crippen LogP contribution in [0.1, 0.15) is 0 Å². The van der Waals surface area contributed by atoms with E-state index >= 15 is 0 Å².